The van der Waals surface area contributed by atoms with Crippen LogP contribution in [0.1, 0.15) is 58.8 Å². The molecule has 1 N–H and O–H groups in total. The Balaban J connectivity index is 2.26. The first-order valence-corrected chi connectivity index (χ1v) is 7.18. The van der Waals surface area contributed by atoms with E-state index in [1.165, 1.54) is 44.9 Å². The first-order valence-electron chi connectivity index (χ1n) is 7.18. The van der Waals surface area contributed by atoms with E-state index in [0.29, 0.717) is 6.04 Å². The van der Waals surface area contributed by atoms with Crippen molar-refractivity contribution < 1.29 is 0 Å². The number of hydrogen-bond donors (Lipinski definition) is 1. The minimum Gasteiger partial charge on any atom is -0.315 e. The van der Waals surface area contributed by atoms with Gasteiger partial charge in [-0.15, -0.1) is 0 Å². The highest BCUT2D eigenvalue weighted by atomic mass is 15.2. The fraction of sp³-hybridized carbons (Fsp3) is 1.00. The Kier molecular flexibility index (Phi) is 7.06. The van der Waals surface area contributed by atoms with Crippen LogP contribution < -0.4 is 5.32 Å². The second-order valence-electron chi connectivity index (χ2n) is 5.36. The first-order chi connectivity index (χ1) is 7.75. The van der Waals surface area contributed by atoms with Gasteiger partial charge in [0.2, 0.25) is 0 Å². The predicted molar refractivity (Wildman–Crippen MR) is 71.9 cm³/mol. The van der Waals surface area contributed by atoms with Gasteiger partial charge in [-0.05, 0) is 39.8 Å². The quantitative estimate of drug-likeness (QED) is 0.553. The molecule has 0 aromatic carbocycles. The van der Waals surface area contributed by atoms with E-state index < -0.39 is 0 Å². The SMILES string of the molecule is CCCNCC(C)N(C)C1CCCCCC1. The van der Waals surface area contributed by atoms with Crippen molar-refractivity contribution >= 4 is 0 Å². The maximum atomic E-state index is 3.53. The molecule has 1 atom stereocenters. The van der Waals surface area contributed by atoms with Gasteiger partial charge < -0.3 is 5.32 Å². The summed E-state index contributed by atoms with van der Waals surface area (Å²) in [7, 11) is 2.31. The Morgan fingerprint density at radius 2 is 1.81 bits per heavy atom. The molecule has 0 aromatic rings. The minimum absolute atomic E-state index is 0.676. The highest BCUT2D eigenvalue weighted by Gasteiger charge is 2.20. The average molecular weight is 226 g/mol. The zero-order valence-corrected chi connectivity index (χ0v) is 11.5. The van der Waals surface area contributed by atoms with Crippen LogP contribution in [0.3, 0.4) is 0 Å². The molecule has 96 valence electrons. The monoisotopic (exact) mass is 226 g/mol. The van der Waals surface area contributed by atoms with E-state index in [1.807, 2.05) is 0 Å². The molecule has 0 amide bonds. The Morgan fingerprint density at radius 3 is 2.38 bits per heavy atom. The topological polar surface area (TPSA) is 15.3 Å². The van der Waals surface area contributed by atoms with Crippen LogP contribution in [0, 0.1) is 0 Å². The summed E-state index contributed by atoms with van der Waals surface area (Å²) in [6.45, 7) is 6.88. The van der Waals surface area contributed by atoms with E-state index in [4.69, 9.17) is 0 Å². The van der Waals surface area contributed by atoms with Crippen LogP contribution in [0.25, 0.3) is 0 Å². The van der Waals surface area contributed by atoms with Crippen molar-refractivity contribution in [1.82, 2.24) is 10.2 Å². The van der Waals surface area contributed by atoms with Crippen molar-refractivity contribution in [3.8, 4) is 0 Å². The summed E-state index contributed by atoms with van der Waals surface area (Å²) in [4.78, 5) is 2.61. The van der Waals surface area contributed by atoms with E-state index in [-0.39, 0.29) is 0 Å². The van der Waals surface area contributed by atoms with E-state index in [0.717, 1.165) is 19.1 Å². The number of rotatable bonds is 6. The van der Waals surface area contributed by atoms with Crippen LogP contribution in [0.2, 0.25) is 0 Å². The molecule has 0 bridgehead atoms. The molecule has 1 saturated carbocycles. The molecule has 0 saturated heterocycles. The number of hydrogen-bond acceptors (Lipinski definition) is 2. The van der Waals surface area contributed by atoms with Crippen molar-refractivity contribution in [1.29, 1.82) is 0 Å². The van der Waals surface area contributed by atoms with Crippen LogP contribution in [0.4, 0.5) is 0 Å². The Morgan fingerprint density at radius 1 is 1.19 bits per heavy atom. The van der Waals surface area contributed by atoms with Gasteiger partial charge in [-0.3, -0.25) is 4.90 Å². The molecule has 1 unspecified atom stereocenters. The van der Waals surface area contributed by atoms with Crippen molar-refractivity contribution in [3.63, 3.8) is 0 Å². The predicted octanol–water partition coefficient (Wildman–Crippen LogP) is 3.03. The first kappa shape index (κ1) is 14.0. The Bertz CT molecular complexity index is 162. The van der Waals surface area contributed by atoms with Gasteiger partial charge in [0.05, 0.1) is 0 Å². The molecule has 0 aliphatic heterocycles. The number of likely N-dealkylation sites (N-methyl/N-ethyl adjacent to an activating group) is 1. The van der Waals surface area contributed by atoms with E-state index in [1.54, 1.807) is 0 Å². The van der Waals surface area contributed by atoms with Gasteiger partial charge in [-0.2, -0.15) is 0 Å². The fourth-order valence-corrected chi connectivity index (χ4v) is 2.66. The Labute approximate surface area is 102 Å². The number of nitrogens with one attached hydrogen (secondary N) is 1. The van der Waals surface area contributed by atoms with Crippen molar-refractivity contribution in [2.45, 2.75) is 70.9 Å². The molecule has 1 rings (SSSR count). The van der Waals surface area contributed by atoms with E-state index in [2.05, 4.69) is 31.1 Å². The lowest BCUT2D eigenvalue weighted by atomic mass is 10.1. The molecule has 2 nitrogen and oxygen atoms in total. The summed E-state index contributed by atoms with van der Waals surface area (Å²) in [6.07, 6.45) is 9.83. The van der Waals surface area contributed by atoms with Gasteiger partial charge >= 0.3 is 0 Å². The third-order valence-corrected chi connectivity index (χ3v) is 3.96. The van der Waals surface area contributed by atoms with E-state index in [9.17, 15) is 0 Å². The summed E-state index contributed by atoms with van der Waals surface area (Å²) >= 11 is 0. The molecule has 1 aliphatic carbocycles. The lowest BCUT2D eigenvalue weighted by Crippen LogP contribution is -2.43. The van der Waals surface area contributed by atoms with Crippen molar-refractivity contribution in [2.75, 3.05) is 20.1 Å². The molecule has 2 heteroatoms. The lowest BCUT2D eigenvalue weighted by molar-refractivity contribution is 0.165. The third kappa shape index (κ3) is 4.84. The zero-order chi connectivity index (χ0) is 11.8. The fourth-order valence-electron chi connectivity index (χ4n) is 2.66. The highest BCUT2D eigenvalue weighted by Crippen LogP contribution is 2.22. The Hall–Kier alpha value is -0.0800. The van der Waals surface area contributed by atoms with Gasteiger partial charge in [0.1, 0.15) is 0 Å². The molecular formula is C14H30N2. The second kappa shape index (κ2) is 8.08. The molecular weight excluding hydrogens is 196 g/mol. The van der Waals surface area contributed by atoms with Crippen LogP contribution in [-0.2, 0) is 0 Å². The van der Waals surface area contributed by atoms with Gasteiger partial charge in [0.15, 0.2) is 0 Å². The normalized spacial score (nSPS) is 21.0. The zero-order valence-electron chi connectivity index (χ0n) is 11.5. The maximum absolute atomic E-state index is 3.53. The average Bonchev–Trinajstić information content (AvgIpc) is 2.56. The van der Waals surface area contributed by atoms with Gasteiger partial charge in [-0.1, -0.05) is 32.6 Å². The summed E-state index contributed by atoms with van der Waals surface area (Å²) in [5, 5.41) is 3.53. The molecule has 0 radical (unpaired) electrons. The minimum atomic E-state index is 0.676. The largest absolute Gasteiger partial charge is 0.315 e. The standard InChI is InChI=1S/C14H30N2/c1-4-11-15-12-13(2)16(3)14-9-7-5-6-8-10-14/h13-15H,4-12H2,1-3H3. The summed E-state index contributed by atoms with van der Waals surface area (Å²) in [6, 6.07) is 1.51. The van der Waals surface area contributed by atoms with Crippen molar-refractivity contribution in [2.24, 2.45) is 0 Å². The molecule has 0 heterocycles. The van der Waals surface area contributed by atoms with Crippen LogP contribution in [-0.4, -0.2) is 37.1 Å². The molecule has 16 heavy (non-hydrogen) atoms. The maximum Gasteiger partial charge on any atom is 0.0192 e. The lowest BCUT2D eigenvalue weighted by Gasteiger charge is -2.32. The molecule has 0 aromatic heterocycles. The molecule has 0 spiro atoms. The van der Waals surface area contributed by atoms with Gasteiger partial charge in [0, 0.05) is 18.6 Å². The van der Waals surface area contributed by atoms with Crippen LogP contribution in [0.5, 0.6) is 0 Å². The van der Waals surface area contributed by atoms with Gasteiger partial charge in [-0.25, -0.2) is 0 Å². The highest BCUT2D eigenvalue weighted by molar-refractivity contribution is 4.77. The molecule has 1 aliphatic rings. The van der Waals surface area contributed by atoms with Crippen LogP contribution >= 0.6 is 0 Å². The summed E-state index contributed by atoms with van der Waals surface area (Å²) in [5.74, 6) is 0. The second-order valence-corrected chi connectivity index (χ2v) is 5.36. The molecule has 1 fully saturated rings. The van der Waals surface area contributed by atoms with Crippen LogP contribution in [0.15, 0.2) is 0 Å². The smallest absolute Gasteiger partial charge is 0.0192 e. The van der Waals surface area contributed by atoms with E-state index >= 15 is 0 Å². The van der Waals surface area contributed by atoms with Crippen molar-refractivity contribution in [3.05, 3.63) is 0 Å². The third-order valence-electron chi connectivity index (χ3n) is 3.96. The summed E-state index contributed by atoms with van der Waals surface area (Å²) < 4.78 is 0. The van der Waals surface area contributed by atoms with Gasteiger partial charge in [0.25, 0.3) is 0 Å². The number of nitrogens with zero attached hydrogens (tertiary/aromatic N) is 1. The summed E-state index contributed by atoms with van der Waals surface area (Å²) in [5.41, 5.74) is 0.